The van der Waals surface area contributed by atoms with Gasteiger partial charge in [-0.2, -0.15) is 30.4 Å². The van der Waals surface area contributed by atoms with E-state index in [9.17, 15) is 47.8 Å². The van der Waals surface area contributed by atoms with E-state index in [1.807, 2.05) is 11.8 Å². The molecule has 9 atom stereocenters. The van der Waals surface area contributed by atoms with Crippen molar-refractivity contribution in [3.05, 3.63) is 62.5 Å². The number of amides is 5. The zero-order valence-electron chi connectivity index (χ0n) is 41.2. The Morgan fingerprint density at radius 3 is 2.59 bits per heavy atom. The van der Waals surface area contributed by atoms with E-state index in [0.29, 0.717) is 18.1 Å². The molecule has 2 aromatic heterocycles. The molecule has 79 heavy (non-hydrogen) atoms. The minimum Gasteiger partial charge on any atom is -0.493 e. The first kappa shape index (κ1) is 61.9. The van der Waals surface area contributed by atoms with Crippen molar-refractivity contribution in [2.24, 2.45) is 10.2 Å². The molecule has 5 heterocycles. The molecule has 0 bridgehead atoms. The molecular weight excluding hydrogens is 1140 g/mol. The number of carbonyl (C=O) groups is 4. The van der Waals surface area contributed by atoms with Crippen LogP contribution >= 0.6 is 35.2 Å². The number of carbonyl (C=O) groups excluding carboxylic acids is 4. The number of nitrogens with two attached hydrogens (primary N) is 1. The average molecular weight is 1190 g/mol. The van der Waals surface area contributed by atoms with Gasteiger partial charge in [-0.25, -0.2) is 18.5 Å². The zero-order valence-corrected chi connectivity index (χ0v) is 44.7. The largest absolute Gasteiger partial charge is 0.493 e. The molecule has 3 saturated heterocycles. The standard InChI is InChI=1S/C40H54N15O20P3S/c41-39-50-36-34(38(59)51-39)24(17-55(36)33-16-27(71-22-47-53-42)28(73-33)18-72-77(64,65)75-78(66,67)74-76(61,62)63)6-4-10-44-31(57)19-68-13-14-69-32(52-54-43)20-70-25-7-3-5-23(15-25)37(58)46-12-11-45-30(56)9-2-1-8-29-35-26(21-79-29)48-40(60)49-35/h3,5,7,15,17,26-29,32-33,35H,1-2,8-14,16,18-22H2,(H,44,57)(H,45,56)(H,46,58)(H,64,65)(H,66,67)(H2,48,49,60)(H2,61,62,63)(H3,41,50,51,59)/t26-,27?,28-,29-,32?,33-,35-/m1/s1. The molecule has 3 aromatic rings. The first-order valence-electron chi connectivity index (χ1n) is 23.5. The van der Waals surface area contributed by atoms with Crippen molar-refractivity contribution >= 4 is 76.0 Å². The highest BCUT2D eigenvalue weighted by molar-refractivity contribution is 8.00. The minimum atomic E-state index is -5.84. The number of nitrogens with zero attached hydrogens (tertiary/aromatic N) is 9. The summed E-state index contributed by atoms with van der Waals surface area (Å²) >= 11 is 1.83. The molecule has 0 saturated carbocycles. The van der Waals surface area contributed by atoms with E-state index in [1.54, 1.807) is 18.2 Å². The lowest BCUT2D eigenvalue weighted by Crippen LogP contribution is -2.36. The number of benzene rings is 1. The Morgan fingerprint density at radius 2 is 1.82 bits per heavy atom. The summed E-state index contributed by atoms with van der Waals surface area (Å²) in [6, 6.07) is 6.37. The molecule has 3 fully saturated rings. The van der Waals surface area contributed by atoms with Crippen LogP contribution in [-0.4, -0.2) is 164 Å². The van der Waals surface area contributed by atoms with Crippen molar-refractivity contribution in [2.45, 2.75) is 74.1 Å². The fourth-order valence-electron chi connectivity index (χ4n) is 7.93. The molecule has 35 nitrogen and oxygen atoms in total. The highest BCUT2D eigenvalue weighted by atomic mass is 32.2. The van der Waals surface area contributed by atoms with Crippen molar-refractivity contribution in [1.82, 2.24) is 41.1 Å². The molecule has 5 amide bonds. The third-order valence-corrected chi connectivity index (χ3v) is 16.6. The van der Waals surface area contributed by atoms with Crippen molar-refractivity contribution < 1.29 is 94.4 Å². The number of hydrogen-bond donors (Lipinski definition) is 11. The molecule has 1 aromatic carbocycles. The summed E-state index contributed by atoms with van der Waals surface area (Å²) in [5.41, 5.74) is 23.9. The van der Waals surface area contributed by atoms with Gasteiger partial charge in [0.15, 0.2) is 11.9 Å². The summed E-state index contributed by atoms with van der Waals surface area (Å²) < 4.78 is 76.8. The molecule has 0 radical (unpaired) electrons. The molecule has 3 aliphatic heterocycles. The van der Waals surface area contributed by atoms with Crippen LogP contribution in [0.4, 0.5) is 10.7 Å². The highest BCUT2D eigenvalue weighted by Crippen LogP contribution is 2.66. The topological polar surface area (TPSA) is 509 Å². The number of phosphoric acid groups is 3. The Bertz CT molecular complexity index is 2990. The fraction of sp³-hybridized carbons (Fsp3) is 0.550. The Kier molecular flexibility index (Phi) is 22.9. The van der Waals surface area contributed by atoms with Gasteiger partial charge in [0.2, 0.25) is 23.6 Å². The second-order valence-corrected chi connectivity index (χ2v) is 22.5. The number of azide groups is 2. The van der Waals surface area contributed by atoms with Gasteiger partial charge in [-0.1, -0.05) is 34.6 Å². The van der Waals surface area contributed by atoms with Crippen molar-refractivity contribution in [1.29, 1.82) is 0 Å². The van der Waals surface area contributed by atoms with Gasteiger partial charge in [0.1, 0.15) is 38.0 Å². The number of fused-ring (bicyclic) bond motifs is 2. The summed E-state index contributed by atoms with van der Waals surface area (Å²) in [4.78, 5) is 99.6. The van der Waals surface area contributed by atoms with Crippen LogP contribution in [0.15, 0.2) is 40.7 Å². The number of unbranched alkanes of at least 4 members (excludes halogenated alkanes) is 1. The Balaban J connectivity index is 0.900. The van der Waals surface area contributed by atoms with Crippen LogP contribution in [0.2, 0.25) is 0 Å². The second kappa shape index (κ2) is 29.2. The van der Waals surface area contributed by atoms with Crippen LogP contribution in [0.25, 0.3) is 31.9 Å². The van der Waals surface area contributed by atoms with E-state index < -0.39 is 85.8 Å². The van der Waals surface area contributed by atoms with Gasteiger partial charge in [0.05, 0.1) is 55.5 Å². The van der Waals surface area contributed by atoms with E-state index in [0.717, 1.165) is 18.6 Å². The number of rotatable bonds is 31. The van der Waals surface area contributed by atoms with Crippen molar-refractivity contribution in [2.75, 3.05) is 70.9 Å². The normalized spacial score (nSPS) is 21.3. The lowest BCUT2D eigenvalue weighted by Gasteiger charge is -2.21. The highest BCUT2D eigenvalue weighted by Gasteiger charge is 2.45. The number of hydrogen-bond acceptors (Lipinski definition) is 22. The molecule has 39 heteroatoms. The third kappa shape index (κ3) is 19.8. The molecule has 12 N–H and O–H groups in total. The van der Waals surface area contributed by atoms with Crippen LogP contribution in [0, 0.1) is 11.8 Å². The Labute approximate surface area is 451 Å². The lowest BCUT2D eigenvalue weighted by molar-refractivity contribution is -0.126. The zero-order chi connectivity index (χ0) is 57.2. The van der Waals surface area contributed by atoms with Gasteiger partial charge in [0.25, 0.3) is 5.91 Å². The van der Waals surface area contributed by atoms with Gasteiger partial charge in [-0.3, -0.25) is 18.9 Å². The molecule has 6 rings (SSSR count). The van der Waals surface area contributed by atoms with E-state index >= 15 is 0 Å². The number of thioether (sulfide) groups is 1. The molecular formula is C40H54N15O20P3S. The van der Waals surface area contributed by atoms with Gasteiger partial charge >= 0.3 is 29.5 Å². The summed E-state index contributed by atoms with van der Waals surface area (Å²) in [6.45, 7) is -2.24. The van der Waals surface area contributed by atoms with E-state index in [-0.39, 0.29) is 104 Å². The van der Waals surface area contributed by atoms with E-state index in [4.69, 9.17) is 54.8 Å². The summed E-state index contributed by atoms with van der Waals surface area (Å²) in [7, 11) is -17.1. The van der Waals surface area contributed by atoms with Crippen LogP contribution in [0.5, 0.6) is 11.6 Å². The Hall–Kier alpha value is -6.30. The number of phosphoric ester groups is 1. The maximum atomic E-state index is 12.8. The number of nitrogen functional groups attached to an aromatic ring is 1. The second-order valence-electron chi connectivity index (χ2n) is 16.8. The lowest BCUT2D eigenvalue weighted by atomic mass is 10.0. The number of ether oxygens (including phenoxy) is 5. The first-order chi connectivity index (χ1) is 37.6. The molecule has 0 aliphatic carbocycles. The smallest absolute Gasteiger partial charge is 0.490 e. The summed E-state index contributed by atoms with van der Waals surface area (Å²) in [6.07, 6.45) is -0.652. The number of urea groups is 1. The summed E-state index contributed by atoms with van der Waals surface area (Å²) in [5, 5.41) is 31.8. The predicted octanol–water partition coefficient (Wildman–Crippen LogP) is 1.79. The first-order valence-corrected chi connectivity index (χ1v) is 29.1. The van der Waals surface area contributed by atoms with Gasteiger partial charge in [-0.15, -0.1) is 0 Å². The number of nitrogens with one attached hydrogen (secondary N) is 5. The molecule has 4 unspecified atom stereocenters. The number of aromatic nitrogens is 3. The van der Waals surface area contributed by atoms with Gasteiger partial charge < -0.3 is 85.2 Å². The van der Waals surface area contributed by atoms with Crippen LogP contribution in [-0.2, 0) is 55.4 Å². The van der Waals surface area contributed by atoms with Crippen molar-refractivity contribution in [3.63, 3.8) is 0 Å². The van der Waals surface area contributed by atoms with Gasteiger partial charge in [0, 0.05) is 58.5 Å². The predicted molar refractivity (Wildman–Crippen MR) is 272 cm³/mol. The van der Waals surface area contributed by atoms with E-state index in [1.165, 1.54) is 16.8 Å². The molecule has 0 spiro atoms. The van der Waals surface area contributed by atoms with E-state index in [2.05, 4.69) is 77.1 Å². The van der Waals surface area contributed by atoms with Crippen molar-refractivity contribution in [3.8, 4) is 23.5 Å². The number of anilines is 1. The van der Waals surface area contributed by atoms with Crippen LogP contribution in [0.3, 0.4) is 0 Å². The maximum Gasteiger partial charge on any atom is 0.490 e. The number of aromatic hydroxyl groups is 1. The van der Waals surface area contributed by atoms with Gasteiger partial charge in [-0.05, 0) is 42.1 Å². The summed E-state index contributed by atoms with van der Waals surface area (Å²) in [5.74, 6) is 4.53. The van der Waals surface area contributed by atoms with Crippen LogP contribution in [0.1, 0.15) is 54.3 Å². The fourth-order valence-corrected chi connectivity index (χ4v) is 12.5. The van der Waals surface area contributed by atoms with Crippen LogP contribution < -0.4 is 37.1 Å². The third-order valence-electron chi connectivity index (χ3n) is 11.2. The average Bonchev–Trinajstić information content (AvgIpc) is 4.30. The Morgan fingerprint density at radius 1 is 1.03 bits per heavy atom. The quantitative estimate of drug-likeness (QED) is 0.00832. The minimum absolute atomic E-state index is 0.0177. The molecule has 430 valence electrons. The monoisotopic (exact) mass is 1190 g/mol. The maximum absolute atomic E-state index is 12.8. The molecule has 3 aliphatic rings. The SMILES string of the molecule is [N-]=[N+]=NCOC1C[C@H](n2cc(C#CCNC(=O)COCCOC(COc3cccc(C(=O)NCCNC(=O)CCCC[C@H]4SC[C@H]5NC(=O)N[C@H]54)c3)N=[N+]=[N-])c3c(O)nc(N)nc32)O[C@@H]1COP(=O)(O)OP(=O)(O)OP(=O)(O)O.